The highest BCUT2D eigenvalue weighted by Gasteiger charge is 2.34. The number of hydrogen-bond acceptors (Lipinski definition) is 10. The summed E-state index contributed by atoms with van der Waals surface area (Å²) in [5.74, 6) is 0.313. The minimum atomic E-state index is -4.52. The first-order valence-corrected chi connectivity index (χ1v) is 21.2. The van der Waals surface area contributed by atoms with Crippen LogP contribution in [0.4, 0.5) is 39.8 Å². The zero-order chi connectivity index (χ0) is 40.8. The van der Waals surface area contributed by atoms with Crippen molar-refractivity contribution in [2.24, 2.45) is 13.0 Å². The van der Waals surface area contributed by atoms with Crippen molar-refractivity contribution in [3.63, 3.8) is 0 Å². The lowest BCUT2D eigenvalue weighted by Crippen LogP contribution is -2.49. The van der Waals surface area contributed by atoms with Crippen LogP contribution in [0.2, 0.25) is 0 Å². The van der Waals surface area contributed by atoms with Gasteiger partial charge in [-0.3, -0.25) is 19.7 Å². The molecule has 4 aromatic rings. The lowest BCUT2D eigenvalue weighted by molar-refractivity contribution is -0.138. The Labute approximate surface area is 333 Å². The molecule has 4 fully saturated rings. The number of fused-ring (bicyclic) bond motifs is 1. The molecule has 2 N–H and O–H groups in total. The highest BCUT2D eigenvalue weighted by molar-refractivity contribution is 7.89. The summed E-state index contributed by atoms with van der Waals surface area (Å²) in [5.41, 5.74) is 1.33. The third-order valence-electron chi connectivity index (χ3n) is 12.0. The van der Waals surface area contributed by atoms with Crippen LogP contribution in [0.15, 0.2) is 53.7 Å². The van der Waals surface area contributed by atoms with Crippen molar-refractivity contribution in [3.8, 4) is 0 Å². The molecule has 4 saturated heterocycles. The SMILES string of the molecule is Cn1nc(N2CCC(=O)NC2=O)c2cc(F)c(C3CCN(CC4CCN(c5cccc(S(=O)(=O)N6CCC(Nc7ncc(C(F)(F)F)cn7)CC6)c5)CC4)CC3)cc21. The minimum absolute atomic E-state index is 0.0608. The summed E-state index contributed by atoms with van der Waals surface area (Å²) in [6, 6.07) is 9.68. The Morgan fingerprint density at radius 2 is 1.60 bits per heavy atom. The van der Waals surface area contributed by atoms with E-state index in [9.17, 15) is 31.2 Å². The van der Waals surface area contributed by atoms with Crippen LogP contribution < -0.4 is 20.4 Å². The van der Waals surface area contributed by atoms with E-state index < -0.39 is 27.8 Å². The van der Waals surface area contributed by atoms with Gasteiger partial charge >= 0.3 is 12.2 Å². The Morgan fingerprint density at radius 1 is 0.897 bits per heavy atom. The fourth-order valence-electron chi connectivity index (χ4n) is 8.68. The van der Waals surface area contributed by atoms with Gasteiger partial charge in [0, 0.05) is 82.2 Å². The number of likely N-dealkylation sites (tertiary alicyclic amines) is 1. The molecular weight excluding hydrogens is 781 g/mol. The molecule has 0 bridgehead atoms. The van der Waals surface area contributed by atoms with Crippen LogP contribution in [0, 0.1) is 11.7 Å². The molecule has 0 spiro atoms. The van der Waals surface area contributed by atoms with Gasteiger partial charge in [-0.05, 0) is 99.3 Å². The number of alkyl halides is 3. The summed E-state index contributed by atoms with van der Waals surface area (Å²) in [7, 11) is -1.99. The summed E-state index contributed by atoms with van der Waals surface area (Å²) < 4.78 is 84.7. The number of nitrogens with zero attached hydrogens (tertiary/aromatic N) is 8. The molecule has 19 heteroatoms. The first kappa shape index (κ1) is 39.9. The van der Waals surface area contributed by atoms with Crippen molar-refractivity contribution in [2.45, 2.75) is 68.0 Å². The number of halogens is 4. The van der Waals surface area contributed by atoms with Crippen molar-refractivity contribution in [1.29, 1.82) is 0 Å². The van der Waals surface area contributed by atoms with Crippen molar-refractivity contribution >= 4 is 50.3 Å². The predicted octanol–water partition coefficient (Wildman–Crippen LogP) is 5.33. The molecule has 0 radical (unpaired) electrons. The van der Waals surface area contributed by atoms with Gasteiger partial charge in [-0.2, -0.15) is 22.6 Å². The van der Waals surface area contributed by atoms with Crippen molar-refractivity contribution in [3.05, 3.63) is 65.7 Å². The second-order valence-corrected chi connectivity index (χ2v) is 17.6. The van der Waals surface area contributed by atoms with E-state index in [1.165, 1.54) is 15.3 Å². The number of urea groups is 1. The number of aryl methyl sites for hydroxylation is 1. The molecule has 4 aliphatic rings. The number of anilines is 3. The number of benzene rings is 2. The third kappa shape index (κ3) is 8.34. The van der Waals surface area contributed by atoms with Gasteiger partial charge < -0.3 is 15.1 Å². The average Bonchev–Trinajstić information content (AvgIpc) is 3.52. The smallest absolute Gasteiger partial charge is 0.371 e. The molecule has 3 amide bonds. The lowest BCUT2D eigenvalue weighted by Gasteiger charge is -2.38. The topological polar surface area (TPSA) is 149 Å². The van der Waals surface area contributed by atoms with Crippen LogP contribution in [-0.4, -0.2) is 108 Å². The maximum Gasteiger partial charge on any atom is 0.419 e. The Bertz CT molecular complexity index is 2270. The molecule has 4 aliphatic heterocycles. The van der Waals surface area contributed by atoms with E-state index in [-0.39, 0.29) is 60.6 Å². The standard InChI is InChI=1S/C39H46F4N10O4S/c1-49-34-21-31(33(40)20-32(34)36(48-49)53-18-11-35(54)47-38(53)55)26-7-12-50(13-8-26)24-25-5-14-51(15-6-25)29-3-2-4-30(19-29)58(56,57)52-16-9-28(10-17-52)46-37-44-22-27(23-45-37)39(41,42)43/h2-4,19-23,25-26,28H,5-18,24H2,1H3,(H,44,45,46)(H,47,54,55). The molecule has 0 saturated carbocycles. The van der Waals surface area contributed by atoms with E-state index in [4.69, 9.17) is 0 Å². The number of carbonyl (C=O) groups is 2. The normalized spacial score (nSPS) is 20.2. The molecule has 310 valence electrons. The van der Waals surface area contributed by atoms with E-state index in [1.807, 2.05) is 12.1 Å². The Balaban J connectivity index is 0.810. The minimum Gasteiger partial charge on any atom is -0.371 e. The average molecular weight is 827 g/mol. The predicted molar refractivity (Wildman–Crippen MR) is 208 cm³/mol. The van der Waals surface area contributed by atoms with Gasteiger partial charge in [-0.1, -0.05) is 6.07 Å². The first-order valence-electron chi connectivity index (χ1n) is 19.7. The Hall–Kier alpha value is -4.88. The molecule has 2 aromatic heterocycles. The van der Waals surface area contributed by atoms with Gasteiger partial charge in [0.25, 0.3) is 0 Å². The van der Waals surface area contributed by atoms with Crippen LogP contribution in [-0.2, 0) is 28.0 Å². The summed E-state index contributed by atoms with van der Waals surface area (Å²) in [6.45, 7) is 4.99. The number of sulfonamides is 1. The van der Waals surface area contributed by atoms with Crippen molar-refractivity contribution in [1.82, 2.24) is 34.3 Å². The van der Waals surface area contributed by atoms with Gasteiger partial charge in [0.1, 0.15) is 5.82 Å². The van der Waals surface area contributed by atoms with Crippen LogP contribution in [0.3, 0.4) is 0 Å². The van der Waals surface area contributed by atoms with Gasteiger partial charge in [0.2, 0.25) is 21.9 Å². The number of carbonyl (C=O) groups excluding carboxylic acids is 2. The van der Waals surface area contributed by atoms with Gasteiger partial charge in [0.05, 0.1) is 16.0 Å². The zero-order valence-electron chi connectivity index (χ0n) is 32.1. The zero-order valence-corrected chi connectivity index (χ0v) is 32.9. The number of hydrogen-bond donors (Lipinski definition) is 2. The number of imide groups is 1. The summed E-state index contributed by atoms with van der Waals surface area (Å²) in [6.07, 6.45) is 1.60. The highest BCUT2D eigenvalue weighted by atomic mass is 32.2. The van der Waals surface area contributed by atoms with Crippen LogP contribution in [0.25, 0.3) is 10.9 Å². The molecule has 6 heterocycles. The Kier molecular flexibility index (Phi) is 11.0. The fourth-order valence-corrected chi connectivity index (χ4v) is 10.2. The summed E-state index contributed by atoms with van der Waals surface area (Å²) in [5, 5.41) is 10.4. The van der Waals surface area contributed by atoms with E-state index in [0.29, 0.717) is 35.5 Å². The van der Waals surface area contributed by atoms with Crippen molar-refractivity contribution < 1.29 is 35.6 Å². The monoisotopic (exact) mass is 826 g/mol. The molecule has 58 heavy (non-hydrogen) atoms. The number of aromatic nitrogens is 4. The molecule has 0 aliphatic carbocycles. The van der Waals surface area contributed by atoms with Crippen LogP contribution >= 0.6 is 0 Å². The van der Waals surface area contributed by atoms with Crippen molar-refractivity contribution in [2.75, 3.05) is 67.5 Å². The molecule has 8 rings (SSSR count). The van der Waals surface area contributed by atoms with Crippen LogP contribution in [0.1, 0.15) is 62.0 Å². The van der Waals surface area contributed by atoms with E-state index >= 15 is 4.39 Å². The fraction of sp³-hybridized carbons (Fsp3) is 0.513. The third-order valence-corrected chi connectivity index (χ3v) is 13.9. The maximum atomic E-state index is 15.7. The van der Waals surface area contributed by atoms with E-state index in [2.05, 4.69) is 35.5 Å². The number of amides is 3. The highest BCUT2D eigenvalue weighted by Crippen LogP contribution is 2.37. The van der Waals surface area contributed by atoms with Gasteiger partial charge in [-0.15, -0.1) is 0 Å². The van der Waals surface area contributed by atoms with Gasteiger partial charge in [0.15, 0.2) is 5.82 Å². The van der Waals surface area contributed by atoms with Crippen LogP contribution in [0.5, 0.6) is 0 Å². The first-order chi connectivity index (χ1) is 27.7. The molecule has 2 aromatic carbocycles. The quantitative estimate of drug-likeness (QED) is 0.212. The number of rotatable bonds is 9. The summed E-state index contributed by atoms with van der Waals surface area (Å²) in [4.78, 5) is 38.0. The Morgan fingerprint density at radius 3 is 2.28 bits per heavy atom. The molecule has 14 nitrogen and oxygen atoms in total. The number of nitrogens with one attached hydrogen (secondary N) is 2. The largest absolute Gasteiger partial charge is 0.419 e. The second-order valence-electron chi connectivity index (χ2n) is 15.7. The number of piperidine rings is 3. The molecule has 0 atom stereocenters. The van der Waals surface area contributed by atoms with E-state index in [0.717, 1.165) is 82.0 Å². The summed E-state index contributed by atoms with van der Waals surface area (Å²) >= 11 is 0. The maximum absolute atomic E-state index is 15.7. The lowest BCUT2D eigenvalue weighted by atomic mass is 9.87. The molecule has 0 unspecified atom stereocenters. The van der Waals surface area contributed by atoms with Gasteiger partial charge in [-0.25, -0.2) is 27.6 Å². The van der Waals surface area contributed by atoms with E-state index in [1.54, 1.807) is 29.9 Å². The molecular formula is C39H46F4N10O4S. The second kappa shape index (κ2) is 16.1.